The van der Waals surface area contributed by atoms with Crippen LogP contribution in [0, 0.1) is 0 Å². The van der Waals surface area contributed by atoms with Gasteiger partial charge in [-0.1, -0.05) is 28.1 Å². The second-order valence-corrected chi connectivity index (χ2v) is 4.69. The zero-order valence-corrected chi connectivity index (χ0v) is 11.1. The Bertz CT molecular complexity index is 453. The Kier molecular flexibility index (Phi) is 5.33. The van der Waals surface area contributed by atoms with Crippen LogP contribution in [0.2, 0.25) is 0 Å². The van der Waals surface area contributed by atoms with Crippen molar-refractivity contribution < 1.29 is 28.2 Å². The summed E-state index contributed by atoms with van der Waals surface area (Å²) in [6, 6.07) is 6.31. The molecular weight excluding hydrogens is 331 g/mol. The van der Waals surface area contributed by atoms with Crippen LogP contribution in [0.5, 0.6) is 0 Å². The minimum atomic E-state index is -5.01. The second-order valence-electron chi connectivity index (χ2n) is 3.77. The summed E-state index contributed by atoms with van der Waals surface area (Å²) in [6.07, 6.45) is -7.95. The van der Waals surface area contributed by atoms with Crippen molar-refractivity contribution in [3.63, 3.8) is 0 Å². The van der Waals surface area contributed by atoms with E-state index in [0.717, 1.165) is 0 Å². The van der Waals surface area contributed by atoms with Gasteiger partial charge >= 0.3 is 12.1 Å². The number of nitrogens with one attached hydrogen (secondary N) is 1. The van der Waals surface area contributed by atoms with Crippen molar-refractivity contribution in [3.8, 4) is 0 Å². The monoisotopic (exact) mass is 341 g/mol. The standard InChI is InChI=1S/C11H11BrF3NO3/c12-7-3-1-2-6(4-7)9(18)8(17)5-16-10(19)11(13,14)15/h1-4,8-9,17-18H,5H2,(H,16,19)/t8-,9-/m0/s1. The van der Waals surface area contributed by atoms with E-state index < -0.39 is 30.8 Å². The smallest absolute Gasteiger partial charge is 0.388 e. The van der Waals surface area contributed by atoms with E-state index in [0.29, 0.717) is 10.0 Å². The first-order valence-electron chi connectivity index (χ1n) is 5.18. The largest absolute Gasteiger partial charge is 0.471 e. The maximum atomic E-state index is 11.9. The molecule has 0 aliphatic rings. The van der Waals surface area contributed by atoms with Crippen molar-refractivity contribution in [2.45, 2.75) is 18.4 Å². The number of amides is 1. The molecule has 1 aromatic carbocycles. The van der Waals surface area contributed by atoms with Gasteiger partial charge in [0.15, 0.2) is 0 Å². The molecule has 0 unspecified atom stereocenters. The normalized spacial score (nSPS) is 14.8. The van der Waals surface area contributed by atoms with Crippen molar-refractivity contribution in [3.05, 3.63) is 34.3 Å². The Balaban J connectivity index is 2.59. The van der Waals surface area contributed by atoms with Crippen molar-refractivity contribution in [1.29, 1.82) is 0 Å². The molecule has 0 aliphatic heterocycles. The fourth-order valence-corrected chi connectivity index (χ4v) is 1.74. The van der Waals surface area contributed by atoms with Gasteiger partial charge in [-0.25, -0.2) is 0 Å². The summed E-state index contributed by atoms with van der Waals surface area (Å²) in [5.41, 5.74) is 0.322. The van der Waals surface area contributed by atoms with Crippen LogP contribution in [0.25, 0.3) is 0 Å². The van der Waals surface area contributed by atoms with Gasteiger partial charge in [0.1, 0.15) is 12.2 Å². The number of hydrogen-bond acceptors (Lipinski definition) is 3. The minimum absolute atomic E-state index is 0.322. The number of aliphatic hydroxyl groups is 2. The Morgan fingerprint density at radius 3 is 2.53 bits per heavy atom. The van der Waals surface area contributed by atoms with Crippen LogP contribution in [0.3, 0.4) is 0 Å². The molecule has 0 aliphatic carbocycles. The molecule has 1 amide bonds. The number of halogens is 4. The van der Waals surface area contributed by atoms with Gasteiger partial charge < -0.3 is 15.5 Å². The molecule has 8 heteroatoms. The van der Waals surface area contributed by atoms with E-state index in [-0.39, 0.29) is 0 Å². The zero-order chi connectivity index (χ0) is 14.6. The van der Waals surface area contributed by atoms with E-state index in [1.54, 1.807) is 12.1 Å². The average Bonchev–Trinajstić information content (AvgIpc) is 2.33. The van der Waals surface area contributed by atoms with Crippen LogP contribution >= 0.6 is 15.9 Å². The summed E-state index contributed by atoms with van der Waals surface area (Å²) in [5.74, 6) is -2.16. The van der Waals surface area contributed by atoms with Crippen LogP contribution < -0.4 is 5.32 Å². The number of hydrogen-bond donors (Lipinski definition) is 3. The Labute approximate surface area is 115 Å². The van der Waals surface area contributed by atoms with Crippen LogP contribution in [0.1, 0.15) is 11.7 Å². The molecule has 1 aromatic rings. The van der Waals surface area contributed by atoms with Gasteiger partial charge in [0.25, 0.3) is 0 Å². The lowest BCUT2D eigenvalue weighted by molar-refractivity contribution is -0.174. The fourth-order valence-electron chi connectivity index (χ4n) is 1.32. The van der Waals surface area contributed by atoms with Gasteiger partial charge in [-0.2, -0.15) is 13.2 Å². The molecule has 3 N–H and O–H groups in total. The summed E-state index contributed by atoms with van der Waals surface area (Å²) in [7, 11) is 0. The quantitative estimate of drug-likeness (QED) is 0.777. The zero-order valence-electron chi connectivity index (χ0n) is 9.49. The van der Waals surface area contributed by atoms with Gasteiger partial charge in [-0.05, 0) is 17.7 Å². The molecule has 0 heterocycles. The predicted molar refractivity (Wildman–Crippen MR) is 64.2 cm³/mol. The van der Waals surface area contributed by atoms with E-state index in [9.17, 15) is 28.2 Å². The molecule has 0 saturated carbocycles. The van der Waals surface area contributed by atoms with E-state index in [1.807, 2.05) is 0 Å². The first kappa shape index (κ1) is 15.9. The summed E-state index contributed by atoms with van der Waals surface area (Å²) < 4.78 is 36.4. The van der Waals surface area contributed by atoms with Crippen LogP contribution in [-0.2, 0) is 4.79 Å². The number of alkyl halides is 3. The lowest BCUT2D eigenvalue weighted by Crippen LogP contribution is -2.42. The van der Waals surface area contributed by atoms with E-state index in [1.165, 1.54) is 17.4 Å². The summed E-state index contributed by atoms with van der Waals surface area (Å²) in [6.45, 7) is -0.702. The molecule has 1 rings (SSSR count). The number of rotatable bonds is 4. The Hall–Kier alpha value is -1.12. The third-order valence-electron chi connectivity index (χ3n) is 2.28. The van der Waals surface area contributed by atoms with E-state index in [4.69, 9.17) is 0 Å². The molecule has 0 bridgehead atoms. The first-order valence-corrected chi connectivity index (χ1v) is 5.97. The minimum Gasteiger partial charge on any atom is -0.388 e. The van der Waals surface area contributed by atoms with Gasteiger partial charge in [-0.3, -0.25) is 4.79 Å². The van der Waals surface area contributed by atoms with Crippen molar-refractivity contribution >= 4 is 21.8 Å². The summed E-state index contributed by atoms with van der Waals surface area (Å²) in [5, 5.41) is 20.8. The topological polar surface area (TPSA) is 69.6 Å². The SMILES string of the molecule is O=C(NC[C@H](O)[C@@H](O)c1cccc(Br)c1)C(F)(F)F. The van der Waals surface area contributed by atoms with Crippen LogP contribution in [0.4, 0.5) is 13.2 Å². The number of carbonyl (C=O) groups excluding carboxylic acids is 1. The molecule has 0 radical (unpaired) electrons. The first-order chi connectivity index (χ1) is 8.71. The third kappa shape index (κ3) is 4.81. The van der Waals surface area contributed by atoms with E-state index in [2.05, 4.69) is 15.9 Å². The molecule has 0 spiro atoms. The van der Waals surface area contributed by atoms with Crippen LogP contribution in [0.15, 0.2) is 28.7 Å². The lowest BCUT2D eigenvalue weighted by atomic mass is 10.0. The van der Waals surface area contributed by atoms with Crippen molar-refractivity contribution in [2.24, 2.45) is 0 Å². The second kappa shape index (κ2) is 6.36. The molecule has 0 fully saturated rings. The maximum Gasteiger partial charge on any atom is 0.471 e. The highest BCUT2D eigenvalue weighted by Crippen LogP contribution is 2.21. The molecule has 4 nitrogen and oxygen atoms in total. The van der Waals surface area contributed by atoms with Gasteiger partial charge in [0, 0.05) is 11.0 Å². The van der Waals surface area contributed by atoms with E-state index >= 15 is 0 Å². The number of carbonyl (C=O) groups is 1. The molecule has 19 heavy (non-hydrogen) atoms. The number of benzene rings is 1. The highest BCUT2D eigenvalue weighted by atomic mass is 79.9. The Morgan fingerprint density at radius 2 is 2.00 bits per heavy atom. The fraction of sp³-hybridized carbons (Fsp3) is 0.364. The van der Waals surface area contributed by atoms with Gasteiger partial charge in [-0.15, -0.1) is 0 Å². The highest BCUT2D eigenvalue weighted by molar-refractivity contribution is 9.10. The molecule has 2 atom stereocenters. The summed E-state index contributed by atoms with van der Waals surface area (Å²) in [4.78, 5) is 10.5. The molecule has 106 valence electrons. The van der Waals surface area contributed by atoms with Gasteiger partial charge in [0.05, 0.1) is 0 Å². The predicted octanol–water partition coefficient (Wildman–Crippen LogP) is 1.52. The van der Waals surface area contributed by atoms with Crippen molar-refractivity contribution in [2.75, 3.05) is 6.54 Å². The van der Waals surface area contributed by atoms with Gasteiger partial charge in [0.2, 0.25) is 0 Å². The number of aliphatic hydroxyl groups excluding tert-OH is 2. The van der Waals surface area contributed by atoms with Crippen molar-refractivity contribution in [1.82, 2.24) is 5.32 Å². The summed E-state index contributed by atoms with van der Waals surface area (Å²) >= 11 is 3.16. The lowest BCUT2D eigenvalue weighted by Gasteiger charge is -2.19. The third-order valence-corrected chi connectivity index (χ3v) is 2.78. The molecular formula is C11H11BrF3NO3. The average molecular weight is 342 g/mol. The molecule has 0 aromatic heterocycles. The van der Waals surface area contributed by atoms with Crippen LogP contribution in [-0.4, -0.2) is 34.9 Å². The maximum absolute atomic E-state index is 11.9. The Morgan fingerprint density at radius 1 is 1.37 bits per heavy atom. The molecule has 0 saturated heterocycles. The highest BCUT2D eigenvalue weighted by Gasteiger charge is 2.38.